The molecule has 31 heavy (non-hydrogen) atoms. The molecule has 0 bridgehead atoms. The van der Waals surface area contributed by atoms with Gasteiger partial charge in [0.05, 0.1) is 5.75 Å². The summed E-state index contributed by atoms with van der Waals surface area (Å²) in [5.74, 6) is -0.387. The average molecular weight is 442 g/mol. The molecule has 0 spiro atoms. The molecule has 1 amide bonds. The van der Waals surface area contributed by atoms with E-state index in [0.717, 1.165) is 16.7 Å². The second-order valence-corrected chi connectivity index (χ2v) is 9.09. The first kappa shape index (κ1) is 22.5. The first-order valence-electron chi connectivity index (χ1n) is 9.87. The minimum absolute atomic E-state index is 0.120. The third-order valence-electron chi connectivity index (χ3n) is 4.75. The van der Waals surface area contributed by atoms with Crippen LogP contribution in [0.15, 0.2) is 72.8 Å². The molecular formula is C24H24FNO4S. The van der Waals surface area contributed by atoms with Crippen molar-refractivity contribution in [2.75, 3.05) is 5.75 Å². The molecule has 3 aromatic carbocycles. The van der Waals surface area contributed by atoms with Gasteiger partial charge in [-0.05, 0) is 61.4 Å². The van der Waals surface area contributed by atoms with E-state index < -0.39 is 10.1 Å². The standard InChI is InChI=1S/C24H24FNO4S/c1-3-31(28,29)30-23-14-8-20(9-15-23)17-26(16-19-6-12-22(25)13-7-19)24(27)21-10-4-18(2)5-11-21/h4-15H,3,16-17H2,1-2H3. The number of benzene rings is 3. The van der Waals surface area contributed by atoms with Crippen LogP contribution in [-0.4, -0.2) is 25.0 Å². The normalized spacial score (nSPS) is 11.2. The fourth-order valence-corrected chi connectivity index (χ4v) is 3.49. The second kappa shape index (κ2) is 9.75. The molecule has 162 valence electrons. The fourth-order valence-electron chi connectivity index (χ4n) is 2.96. The maximum Gasteiger partial charge on any atom is 0.308 e. The topological polar surface area (TPSA) is 63.7 Å². The summed E-state index contributed by atoms with van der Waals surface area (Å²) in [6.45, 7) is 4.06. The van der Waals surface area contributed by atoms with Crippen molar-refractivity contribution in [1.29, 1.82) is 0 Å². The SMILES string of the molecule is CCS(=O)(=O)Oc1ccc(CN(Cc2ccc(F)cc2)C(=O)c2ccc(C)cc2)cc1. The Labute approximate surface area is 182 Å². The molecule has 0 aromatic heterocycles. The van der Waals surface area contributed by atoms with Crippen molar-refractivity contribution in [3.8, 4) is 5.75 Å². The lowest BCUT2D eigenvalue weighted by Crippen LogP contribution is -2.30. The quantitative estimate of drug-likeness (QED) is 0.475. The minimum Gasteiger partial charge on any atom is -0.382 e. The van der Waals surface area contributed by atoms with E-state index in [1.165, 1.54) is 19.1 Å². The number of hydrogen-bond donors (Lipinski definition) is 0. The zero-order valence-corrected chi connectivity index (χ0v) is 18.2. The summed E-state index contributed by atoms with van der Waals surface area (Å²) in [5.41, 5.74) is 3.22. The molecule has 0 N–H and O–H groups in total. The van der Waals surface area contributed by atoms with Gasteiger partial charge in [-0.1, -0.05) is 42.0 Å². The van der Waals surface area contributed by atoms with Crippen LogP contribution in [0.3, 0.4) is 0 Å². The van der Waals surface area contributed by atoms with E-state index in [1.54, 1.807) is 53.4 Å². The summed E-state index contributed by atoms with van der Waals surface area (Å²) in [4.78, 5) is 14.8. The van der Waals surface area contributed by atoms with Gasteiger partial charge in [0.1, 0.15) is 11.6 Å². The Kier molecular flexibility index (Phi) is 7.07. The largest absolute Gasteiger partial charge is 0.382 e. The Morgan fingerprint density at radius 2 is 1.39 bits per heavy atom. The molecule has 0 atom stereocenters. The Morgan fingerprint density at radius 1 is 0.871 bits per heavy atom. The maximum absolute atomic E-state index is 13.3. The van der Waals surface area contributed by atoms with Crippen molar-refractivity contribution in [3.63, 3.8) is 0 Å². The molecule has 5 nitrogen and oxygen atoms in total. The van der Waals surface area contributed by atoms with Crippen molar-refractivity contribution in [2.24, 2.45) is 0 Å². The van der Waals surface area contributed by atoms with Crippen LogP contribution < -0.4 is 4.18 Å². The van der Waals surface area contributed by atoms with E-state index in [2.05, 4.69) is 0 Å². The predicted molar refractivity (Wildman–Crippen MR) is 118 cm³/mol. The maximum atomic E-state index is 13.3. The van der Waals surface area contributed by atoms with Crippen LogP contribution in [0.5, 0.6) is 5.75 Å². The number of carbonyl (C=O) groups is 1. The molecule has 0 aliphatic rings. The highest BCUT2D eigenvalue weighted by atomic mass is 32.2. The molecule has 0 saturated heterocycles. The summed E-state index contributed by atoms with van der Waals surface area (Å²) < 4.78 is 41.5. The molecule has 3 aromatic rings. The first-order chi connectivity index (χ1) is 14.8. The van der Waals surface area contributed by atoms with Gasteiger partial charge in [-0.3, -0.25) is 4.79 Å². The predicted octanol–water partition coefficient (Wildman–Crippen LogP) is 4.71. The first-order valence-corrected chi connectivity index (χ1v) is 11.4. The van der Waals surface area contributed by atoms with Gasteiger partial charge < -0.3 is 9.08 Å². The highest BCUT2D eigenvalue weighted by molar-refractivity contribution is 7.87. The van der Waals surface area contributed by atoms with Crippen LogP contribution in [0.1, 0.15) is 34.0 Å². The van der Waals surface area contributed by atoms with Crippen molar-refractivity contribution < 1.29 is 21.8 Å². The highest BCUT2D eigenvalue weighted by Crippen LogP contribution is 2.19. The van der Waals surface area contributed by atoms with Crippen molar-refractivity contribution in [3.05, 3.63) is 101 Å². The smallest absolute Gasteiger partial charge is 0.308 e. The summed E-state index contributed by atoms with van der Waals surface area (Å²) in [5, 5.41) is 0. The summed E-state index contributed by atoms with van der Waals surface area (Å²) >= 11 is 0. The number of nitrogens with zero attached hydrogens (tertiary/aromatic N) is 1. The number of halogens is 1. The van der Waals surface area contributed by atoms with E-state index in [0.29, 0.717) is 18.7 Å². The van der Waals surface area contributed by atoms with Gasteiger partial charge in [-0.15, -0.1) is 0 Å². The molecule has 0 fully saturated rings. The van der Waals surface area contributed by atoms with Crippen molar-refractivity contribution >= 4 is 16.0 Å². The highest BCUT2D eigenvalue weighted by Gasteiger charge is 2.17. The molecule has 0 heterocycles. The number of amides is 1. The molecule has 0 unspecified atom stereocenters. The lowest BCUT2D eigenvalue weighted by molar-refractivity contribution is 0.0730. The second-order valence-electron chi connectivity index (χ2n) is 7.23. The van der Waals surface area contributed by atoms with E-state index in [-0.39, 0.29) is 23.2 Å². The van der Waals surface area contributed by atoms with Crippen molar-refractivity contribution in [2.45, 2.75) is 26.9 Å². The zero-order chi connectivity index (χ0) is 22.4. The Hall–Kier alpha value is -3.19. The van der Waals surface area contributed by atoms with Gasteiger partial charge in [0.2, 0.25) is 0 Å². The van der Waals surface area contributed by atoms with Crippen LogP contribution >= 0.6 is 0 Å². The minimum atomic E-state index is -3.60. The van der Waals surface area contributed by atoms with Gasteiger partial charge in [0.25, 0.3) is 5.91 Å². The van der Waals surface area contributed by atoms with E-state index in [9.17, 15) is 17.6 Å². The van der Waals surface area contributed by atoms with Gasteiger partial charge in [0.15, 0.2) is 0 Å². The average Bonchev–Trinajstić information content (AvgIpc) is 2.76. The Morgan fingerprint density at radius 3 is 1.90 bits per heavy atom. The summed E-state index contributed by atoms with van der Waals surface area (Å²) in [6.07, 6.45) is 0. The number of aryl methyl sites for hydroxylation is 1. The zero-order valence-electron chi connectivity index (χ0n) is 17.4. The summed E-state index contributed by atoms with van der Waals surface area (Å²) in [7, 11) is -3.60. The van der Waals surface area contributed by atoms with Crippen LogP contribution in [0.4, 0.5) is 4.39 Å². The number of rotatable bonds is 8. The van der Waals surface area contributed by atoms with Gasteiger partial charge in [-0.2, -0.15) is 8.42 Å². The molecular weight excluding hydrogens is 417 g/mol. The molecule has 0 aliphatic heterocycles. The van der Waals surface area contributed by atoms with Crippen LogP contribution in [0.25, 0.3) is 0 Å². The third kappa shape index (κ3) is 6.39. The molecule has 0 aliphatic carbocycles. The Balaban J connectivity index is 1.82. The van der Waals surface area contributed by atoms with Crippen LogP contribution in [0.2, 0.25) is 0 Å². The van der Waals surface area contributed by atoms with Crippen molar-refractivity contribution in [1.82, 2.24) is 4.90 Å². The fraction of sp³-hybridized carbons (Fsp3) is 0.208. The number of hydrogen-bond acceptors (Lipinski definition) is 4. The molecule has 7 heteroatoms. The van der Waals surface area contributed by atoms with Gasteiger partial charge in [-0.25, -0.2) is 4.39 Å². The van der Waals surface area contributed by atoms with Crippen LogP contribution in [-0.2, 0) is 23.2 Å². The van der Waals surface area contributed by atoms with Crippen LogP contribution in [0, 0.1) is 12.7 Å². The van der Waals surface area contributed by atoms with E-state index in [4.69, 9.17) is 4.18 Å². The van der Waals surface area contributed by atoms with E-state index in [1.807, 2.05) is 19.1 Å². The molecule has 0 saturated carbocycles. The van der Waals surface area contributed by atoms with E-state index >= 15 is 0 Å². The molecule has 3 rings (SSSR count). The van der Waals surface area contributed by atoms with Gasteiger partial charge >= 0.3 is 10.1 Å². The number of carbonyl (C=O) groups excluding carboxylic acids is 1. The lowest BCUT2D eigenvalue weighted by atomic mass is 10.1. The third-order valence-corrected chi connectivity index (χ3v) is 5.90. The Bertz CT molecular complexity index is 1130. The molecule has 0 radical (unpaired) electrons. The summed E-state index contributed by atoms with van der Waals surface area (Å²) in [6, 6.07) is 19.9. The monoisotopic (exact) mass is 441 g/mol. The van der Waals surface area contributed by atoms with Gasteiger partial charge in [0, 0.05) is 18.7 Å². The lowest BCUT2D eigenvalue weighted by Gasteiger charge is -2.23.